The monoisotopic (exact) mass is 419 g/mol. The second-order valence-corrected chi connectivity index (χ2v) is 8.21. The molecule has 2 aromatic carbocycles. The van der Waals surface area contributed by atoms with Crippen LogP contribution in [0.5, 0.6) is 5.75 Å². The summed E-state index contributed by atoms with van der Waals surface area (Å²) < 4.78 is 8.04. The number of primary amides is 1. The minimum absolute atomic E-state index is 0.00447. The van der Waals surface area contributed by atoms with Gasteiger partial charge in [-0.2, -0.15) is 0 Å². The smallest absolute Gasteiger partial charge is 0.260 e. The summed E-state index contributed by atoms with van der Waals surface area (Å²) in [5.41, 5.74) is 10.0. The van der Waals surface area contributed by atoms with Crippen LogP contribution in [0.2, 0.25) is 0 Å². The van der Waals surface area contributed by atoms with Crippen molar-refractivity contribution in [3.63, 3.8) is 0 Å². The van der Waals surface area contributed by atoms with Gasteiger partial charge in [-0.3, -0.25) is 9.59 Å². The SMILES string of the molecule is Cc1c(C(N)=O)c2c(Cc3ccccc3)c(OCC(=O)N3CCCCC3)ccc2n1C. The van der Waals surface area contributed by atoms with Gasteiger partial charge in [0, 0.05) is 48.7 Å². The fourth-order valence-corrected chi connectivity index (χ4v) is 4.49. The number of ether oxygens (including phenoxy) is 1. The fourth-order valence-electron chi connectivity index (χ4n) is 4.49. The van der Waals surface area contributed by atoms with Gasteiger partial charge >= 0.3 is 0 Å². The summed E-state index contributed by atoms with van der Waals surface area (Å²) in [4.78, 5) is 26.9. The second-order valence-electron chi connectivity index (χ2n) is 8.21. The molecule has 1 saturated heterocycles. The van der Waals surface area contributed by atoms with Gasteiger partial charge in [-0.05, 0) is 43.9 Å². The van der Waals surface area contributed by atoms with Gasteiger partial charge in [0.05, 0.1) is 5.56 Å². The number of hydrogen-bond acceptors (Lipinski definition) is 3. The van der Waals surface area contributed by atoms with Gasteiger partial charge in [0.2, 0.25) is 0 Å². The van der Waals surface area contributed by atoms with Crippen molar-refractivity contribution < 1.29 is 14.3 Å². The number of rotatable bonds is 6. The van der Waals surface area contributed by atoms with Gasteiger partial charge in [0.1, 0.15) is 5.75 Å². The molecule has 0 radical (unpaired) electrons. The first kappa shape index (κ1) is 21.0. The number of carbonyl (C=O) groups is 2. The van der Waals surface area contributed by atoms with Crippen LogP contribution in [-0.4, -0.2) is 41.0 Å². The molecule has 162 valence electrons. The van der Waals surface area contributed by atoms with Gasteiger partial charge in [0.25, 0.3) is 11.8 Å². The van der Waals surface area contributed by atoms with Crippen molar-refractivity contribution in [1.82, 2.24) is 9.47 Å². The Labute approximate surface area is 182 Å². The van der Waals surface area contributed by atoms with Crippen LogP contribution in [0.3, 0.4) is 0 Å². The highest BCUT2D eigenvalue weighted by atomic mass is 16.5. The van der Waals surface area contributed by atoms with Crippen LogP contribution >= 0.6 is 0 Å². The van der Waals surface area contributed by atoms with Crippen LogP contribution in [0.25, 0.3) is 10.9 Å². The number of aromatic nitrogens is 1. The molecule has 6 nitrogen and oxygen atoms in total. The molecule has 0 spiro atoms. The van der Waals surface area contributed by atoms with E-state index in [1.165, 1.54) is 6.42 Å². The summed E-state index contributed by atoms with van der Waals surface area (Å²) in [7, 11) is 1.93. The maximum absolute atomic E-state index is 12.7. The Bertz CT molecular complexity index is 1110. The molecule has 6 heteroatoms. The Morgan fingerprint density at radius 2 is 1.74 bits per heavy atom. The zero-order chi connectivity index (χ0) is 22.0. The first-order valence-electron chi connectivity index (χ1n) is 10.8. The van der Waals surface area contributed by atoms with Crippen molar-refractivity contribution >= 4 is 22.7 Å². The summed E-state index contributed by atoms with van der Waals surface area (Å²) in [5, 5.41) is 0.805. The molecule has 1 aliphatic rings. The summed E-state index contributed by atoms with van der Waals surface area (Å²) in [6.45, 7) is 3.47. The lowest BCUT2D eigenvalue weighted by atomic mass is 9.97. The number of amides is 2. The predicted octanol–water partition coefficient (Wildman–Crippen LogP) is 3.57. The molecule has 1 fully saturated rings. The number of piperidine rings is 1. The highest BCUT2D eigenvalue weighted by Crippen LogP contribution is 2.35. The first-order chi connectivity index (χ1) is 15.0. The molecule has 0 aliphatic carbocycles. The fraction of sp³-hybridized carbons (Fsp3) is 0.360. The molecule has 4 rings (SSSR count). The second kappa shape index (κ2) is 8.84. The topological polar surface area (TPSA) is 77.6 Å². The number of fused-ring (bicyclic) bond motifs is 1. The Morgan fingerprint density at radius 1 is 1.03 bits per heavy atom. The number of carbonyl (C=O) groups excluding carboxylic acids is 2. The Balaban J connectivity index is 1.75. The summed E-state index contributed by atoms with van der Waals surface area (Å²) in [6, 6.07) is 13.9. The highest BCUT2D eigenvalue weighted by molar-refractivity contribution is 6.09. The number of aryl methyl sites for hydroxylation is 1. The van der Waals surface area contributed by atoms with E-state index in [4.69, 9.17) is 10.5 Å². The van der Waals surface area contributed by atoms with E-state index in [1.807, 2.05) is 65.9 Å². The molecule has 2 N–H and O–H groups in total. The van der Waals surface area contributed by atoms with Crippen molar-refractivity contribution in [2.45, 2.75) is 32.6 Å². The maximum Gasteiger partial charge on any atom is 0.260 e. The number of benzene rings is 2. The van der Waals surface area contributed by atoms with Crippen LogP contribution in [0.4, 0.5) is 0 Å². The van der Waals surface area contributed by atoms with Crippen molar-refractivity contribution in [3.05, 3.63) is 64.8 Å². The lowest BCUT2D eigenvalue weighted by Crippen LogP contribution is -2.38. The van der Waals surface area contributed by atoms with E-state index in [9.17, 15) is 9.59 Å². The largest absolute Gasteiger partial charge is 0.483 e. The van der Waals surface area contributed by atoms with Crippen LogP contribution in [0.15, 0.2) is 42.5 Å². The lowest BCUT2D eigenvalue weighted by molar-refractivity contribution is -0.134. The zero-order valence-electron chi connectivity index (χ0n) is 18.2. The molecule has 3 aromatic rings. The average molecular weight is 420 g/mol. The van der Waals surface area contributed by atoms with Crippen molar-refractivity contribution in [1.29, 1.82) is 0 Å². The van der Waals surface area contributed by atoms with Gasteiger partial charge in [-0.25, -0.2) is 0 Å². The molecule has 1 aromatic heterocycles. The van der Waals surface area contributed by atoms with E-state index in [0.29, 0.717) is 17.7 Å². The Morgan fingerprint density at radius 3 is 2.42 bits per heavy atom. The van der Waals surface area contributed by atoms with Crippen LogP contribution in [0.1, 0.15) is 46.4 Å². The van der Waals surface area contributed by atoms with Crippen LogP contribution < -0.4 is 10.5 Å². The molecular weight excluding hydrogens is 390 g/mol. The van der Waals surface area contributed by atoms with E-state index < -0.39 is 5.91 Å². The number of likely N-dealkylation sites (tertiary alicyclic amines) is 1. The molecule has 0 atom stereocenters. The first-order valence-corrected chi connectivity index (χ1v) is 10.8. The molecule has 0 unspecified atom stereocenters. The number of hydrogen-bond donors (Lipinski definition) is 1. The Kier molecular flexibility index (Phi) is 5.98. The predicted molar refractivity (Wildman–Crippen MR) is 121 cm³/mol. The van der Waals surface area contributed by atoms with Crippen LogP contribution in [0, 0.1) is 6.92 Å². The summed E-state index contributed by atoms with van der Waals surface area (Å²) in [6.07, 6.45) is 3.84. The molecule has 0 bridgehead atoms. The van der Waals surface area contributed by atoms with Crippen molar-refractivity contribution in [2.75, 3.05) is 19.7 Å². The molecule has 0 saturated carbocycles. The normalized spacial score (nSPS) is 14.1. The van der Waals surface area contributed by atoms with Gasteiger partial charge in [-0.15, -0.1) is 0 Å². The van der Waals surface area contributed by atoms with Crippen molar-refractivity contribution in [3.8, 4) is 5.75 Å². The number of nitrogens with two attached hydrogens (primary N) is 1. The number of nitrogens with zero attached hydrogens (tertiary/aromatic N) is 2. The van der Waals surface area contributed by atoms with Crippen LogP contribution in [-0.2, 0) is 18.3 Å². The third kappa shape index (κ3) is 4.15. The van der Waals surface area contributed by atoms with Gasteiger partial charge in [0.15, 0.2) is 6.61 Å². The van der Waals surface area contributed by atoms with E-state index in [2.05, 4.69) is 0 Å². The van der Waals surface area contributed by atoms with Crippen molar-refractivity contribution in [2.24, 2.45) is 12.8 Å². The van der Waals surface area contributed by atoms with E-state index in [1.54, 1.807) is 0 Å². The minimum atomic E-state index is -0.459. The molecule has 1 aliphatic heterocycles. The molecular formula is C25H29N3O3. The quantitative estimate of drug-likeness (QED) is 0.664. The lowest BCUT2D eigenvalue weighted by Gasteiger charge is -2.26. The minimum Gasteiger partial charge on any atom is -0.483 e. The van der Waals surface area contributed by atoms with E-state index in [0.717, 1.165) is 53.7 Å². The summed E-state index contributed by atoms with van der Waals surface area (Å²) in [5.74, 6) is 0.165. The van der Waals surface area contributed by atoms with E-state index in [-0.39, 0.29) is 12.5 Å². The molecule has 2 amide bonds. The van der Waals surface area contributed by atoms with Gasteiger partial charge in [-0.1, -0.05) is 30.3 Å². The summed E-state index contributed by atoms with van der Waals surface area (Å²) >= 11 is 0. The van der Waals surface area contributed by atoms with Gasteiger partial charge < -0.3 is 19.9 Å². The zero-order valence-corrected chi connectivity index (χ0v) is 18.2. The maximum atomic E-state index is 12.7. The Hall–Kier alpha value is -3.28. The molecule has 2 heterocycles. The van der Waals surface area contributed by atoms with E-state index >= 15 is 0 Å². The third-order valence-electron chi connectivity index (χ3n) is 6.25. The molecule has 31 heavy (non-hydrogen) atoms. The standard InChI is InChI=1S/C25H29N3O3/c1-17-23(25(26)30)24-19(15-18-9-5-3-6-10-18)21(12-11-20(24)27(17)2)31-16-22(29)28-13-7-4-8-14-28/h3,5-6,9-12H,4,7-8,13-16H2,1-2H3,(H2,26,30). The average Bonchev–Trinajstić information content (AvgIpc) is 3.05. The highest BCUT2D eigenvalue weighted by Gasteiger charge is 2.23. The third-order valence-corrected chi connectivity index (χ3v) is 6.25.